The summed E-state index contributed by atoms with van der Waals surface area (Å²) < 4.78 is 26.1. The molecule has 2 aromatic rings. The van der Waals surface area contributed by atoms with E-state index in [1.807, 2.05) is 6.92 Å². The van der Waals surface area contributed by atoms with Crippen LogP contribution >= 0.6 is 23.2 Å². The molecular weight excluding hydrogens is 319 g/mol. The fourth-order valence-corrected chi connectivity index (χ4v) is 2.10. The van der Waals surface area contributed by atoms with Gasteiger partial charge >= 0.3 is 0 Å². The Kier molecular flexibility index (Phi) is 5.20. The molecule has 0 aliphatic heterocycles. The minimum atomic E-state index is -0.950. The number of benzene rings is 1. The molecule has 2 rings (SSSR count). The van der Waals surface area contributed by atoms with Crippen LogP contribution in [0.3, 0.4) is 0 Å². The molecule has 21 heavy (non-hydrogen) atoms. The zero-order chi connectivity index (χ0) is 15.4. The van der Waals surface area contributed by atoms with Crippen LogP contribution in [0, 0.1) is 11.6 Å². The second-order valence-corrected chi connectivity index (χ2v) is 5.14. The van der Waals surface area contributed by atoms with Gasteiger partial charge in [-0.05, 0) is 24.6 Å². The highest BCUT2D eigenvalue weighted by Crippen LogP contribution is 2.31. The average molecular weight is 332 g/mol. The number of nitrogens with one attached hydrogen (secondary N) is 2. The van der Waals surface area contributed by atoms with Crippen molar-refractivity contribution < 1.29 is 8.78 Å². The van der Waals surface area contributed by atoms with E-state index < -0.39 is 11.6 Å². The molecule has 0 spiro atoms. The number of nitrogens with zero attached hydrogens (tertiary/aromatic N) is 1. The molecule has 0 unspecified atom stereocenters. The van der Waals surface area contributed by atoms with Gasteiger partial charge < -0.3 is 10.6 Å². The van der Waals surface area contributed by atoms with Gasteiger partial charge in [0.15, 0.2) is 17.5 Å². The molecule has 0 bridgehead atoms. The van der Waals surface area contributed by atoms with E-state index in [9.17, 15) is 8.78 Å². The molecule has 2 N–H and O–H groups in total. The third-order valence-corrected chi connectivity index (χ3v) is 3.23. The van der Waals surface area contributed by atoms with Crippen LogP contribution in [0.4, 0.5) is 26.1 Å². The maximum absolute atomic E-state index is 13.2. The first-order chi connectivity index (χ1) is 10.0. The molecule has 0 atom stereocenters. The van der Waals surface area contributed by atoms with E-state index in [-0.39, 0.29) is 5.02 Å². The third kappa shape index (κ3) is 3.95. The highest BCUT2D eigenvalue weighted by Gasteiger charge is 2.10. The van der Waals surface area contributed by atoms with Gasteiger partial charge in [-0.25, -0.2) is 13.8 Å². The van der Waals surface area contributed by atoms with Crippen molar-refractivity contribution >= 4 is 40.5 Å². The maximum atomic E-state index is 13.2. The molecule has 0 radical (unpaired) electrons. The van der Waals surface area contributed by atoms with Crippen LogP contribution in [0.25, 0.3) is 0 Å². The van der Waals surface area contributed by atoms with E-state index in [0.717, 1.165) is 18.6 Å². The van der Waals surface area contributed by atoms with Crippen molar-refractivity contribution in [1.82, 2.24) is 4.98 Å². The second-order valence-electron chi connectivity index (χ2n) is 4.33. The fourth-order valence-electron chi connectivity index (χ4n) is 1.63. The topological polar surface area (TPSA) is 37.0 Å². The minimum absolute atomic E-state index is 0.284. The molecule has 3 nitrogen and oxygen atoms in total. The Morgan fingerprint density at radius 1 is 1.05 bits per heavy atom. The van der Waals surface area contributed by atoms with E-state index in [1.54, 1.807) is 0 Å². The number of aromatic nitrogens is 1. The van der Waals surface area contributed by atoms with Crippen LogP contribution < -0.4 is 10.6 Å². The second kappa shape index (κ2) is 6.91. The van der Waals surface area contributed by atoms with E-state index in [4.69, 9.17) is 23.2 Å². The van der Waals surface area contributed by atoms with Gasteiger partial charge in [0.25, 0.3) is 0 Å². The molecule has 1 aromatic carbocycles. The summed E-state index contributed by atoms with van der Waals surface area (Å²) in [5, 5.41) is 6.57. The summed E-state index contributed by atoms with van der Waals surface area (Å²) in [4.78, 5) is 4.25. The molecule has 0 saturated heterocycles. The maximum Gasteiger partial charge on any atom is 0.160 e. The number of pyridine rings is 1. The van der Waals surface area contributed by atoms with Crippen LogP contribution in [-0.2, 0) is 0 Å². The van der Waals surface area contributed by atoms with E-state index in [2.05, 4.69) is 15.6 Å². The Hall–Kier alpha value is -1.59. The van der Waals surface area contributed by atoms with Crippen molar-refractivity contribution in [1.29, 1.82) is 0 Å². The van der Waals surface area contributed by atoms with Crippen LogP contribution in [0.5, 0.6) is 0 Å². The first-order valence-corrected chi connectivity index (χ1v) is 7.09. The van der Waals surface area contributed by atoms with Crippen LogP contribution in [0.1, 0.15) is 13.3 Å². The SMILES string of the molecule is CCCNc1nc(Nc2ccc(F)c(F)c2)c(Cl)cc1Cl. The molecule has 112 valence electrons. The number of hydrogen-bond acceptors (Lipinski definition) is 3. The number of anilines is 3. The number of rotatable bonds is 5. The van der Waals surface area contributed by atoms with Crippen LogP contribution in [0.2, 0.25) is 10.0 Å². The Balaban J connectivity index is 2.28. The lowest BCUT2D eigenvalue weighted by atomic mass is 10.3. The van der Waals surface area contributed by atoms with Gasteiger partial charge in [0, 0.05) is 18.3 Å². The smallest absolute Gasteiger partial charge is 0.160 e. The van der Waals surface area contributed by atoms with Crippen molar-refractivity contribution in [2.75, 3.05) is 17.2 Å². The predicted molar refractivity (Wildman–Crippen MR) is 82.7 cm³/mol. The number of halogens is 4. The summed E-state index contributed by atoms with van der Waals surface area (Å²) in [7, 11) is 0. The Morgan fingerprint density at radius 3 is 2.43 bits per heavy atom. The standard InChI is InChI=1S/C14H13Cl2F2N3/c1-2-5-19-13-9(15)7-10(16)14(21-13)20-8-3-4-11(17)12(18)6-8/h3-4,6-7H,2,5H2,1H3,(H2,19,20,21). The van der Waals surface area contributed by atoms with Gasteiger partial charge in [0.05, 0.1) is 10.0 Å². The first-order valence-electron chi connectivity index (χ1n) is 6.33. The quantitative estimate of drug-likeness (QED) is 0.787. The van der Waals surface area contributed by atoms with Crippen molar-refractivity contribution in [3.05, 3.63) is 45.9 Å². The molecule has 0 fully saturated rings. The summed E-state index contributed by atoms with van der Waals surface area (Å²) in [5.74, 6) is -1.07. The van der Waals surface area contributed by atoms with Gasteiger partial charge in [-0.1, -0.05) is 30.1 Å². The molecular formula is C14H13Cl2F2N3. The largest absolute Gasteiger partial charge is 0.369 e. The number of hydrogen-bond donors (Lipinski definition) is 2. The summed E-state index contributed by atoms with van der Waals surface area (Å²) in [5.41, 5.74) is 0.340. The highest BCUT2D eigenvalue weighted by atomic mass is 35.5. The highest BCUT2D eigenvalue weighted by molar-refractivity contribution is 6.37. The zero-order valence-electron chi connectivity index (χ0n) is 11.2. The van der Waals surface area contributed by atoms with Crippen molar-refractivity contribution in [3.63, 3.8) is 0 Å². The van der Waals surface area contributed by atoms with Gasteiger partial charge in [-0.3, -0.25) is 0 Å². The lowest BCUT2D eigenvalue weighted by Gasteiger charge is -2.12. The first kappa shape index (κ1) is 15.8. The molecule has 0 aliphatic carbocycles. The Labute approximate surface area is 131 Å². The Bertz CT molecular complexity index is 650. The Morgan fingerprint density at radius 2 is 1.76 bits per heavy atom. The lowest BCUT2D eigenvalue weighted by molar-refractivity contribution is 0.509. The molecule has 0 saturated carbocycles. The molecule has 0 aliphatic rings. The normalized spacial score (nSPS) is 10.5. The van der Waals surface area contributed by atoms with Gasteiger partial charge in [-0.15, -0.1) is 0 Å². The van der Waals surface area contributed by atoms with Gasteiger partial charge in [0.1, 0.15) is 5.82 Å². The fraction of sp³-hybridized carbons (Fsp3) is 0.214. The van der Waals surface area contributed by atoms with Gasteiger partial charge in [-0.2, -0.15) is 0 Å². The van der Waals surface area contributed by atoms with Crippen molar-refractivity contribution in [3.8, 4) is 0 Å². The minimum Gasteiger partial charge on any atom is -0.369 e. The van der Waals surface area contributed by atoms with Crippen molar-refractivity contribution in [2.45, 2.75) is 13.3 Å². The van der Waals surface area contributed by atoms with Crippen LogP contribution in [-0.4, -0.2) is 11.5 Å². The molecule has 1 aromatic heterocycles. The zero-order valence-corrected chi connectivity index (χ0v) is 12.7. The average Bonchev–Trinajstić information content (AvgIpc) is 2.44. The van der Waals surface area contributed by atoms with Crippen molar-refractivity contribution in [2.24, 2.45) is 0 Å². The summed E-state index contributed by atoms with van der Waals surface area (Å²) >= 11 is 12.1. The van der Waals surface area contributed by atoms with E-state index in [0.29, 0.717) is 28.9 Å². The summed E-state index contributed by atoms with van der Waals surface area (Å²) in [6.07, 6.45) is 0.909. The monoisotopic (exact) mass is 331 g/mol. The predicted octanol–water partition coefficient (Wildman–Crippen LogP) is 5.23. The summed E-state index contributed by atoms with van der Waals surface area (Å²) in [6, 6.07) is 4.99. The summed E-state index contributed by atoms with van der Waals surface area (Å²) in [6.45, 7) is 2.72. The molecule has 1 heterocycles. The third-order valence-electron chi connectivity index (χ3n) is 2.65. The van der Waals surface area contributed by atoms with Crippen LogP contribution in [0.15, 0.2) is 24.3 Å². The molecule has 0 amide bonds. The molecule has 7 heteroatoms. The van der Waals surface area contributed by atoms with E-state index >= 15 is 0 Å². The lowest BCUT2D eigenvalue weighted by Crippen LogP contribution is -2.05. The van der Waals surface area contributed by atoms with E-state index in [1.165, 1.54) is 12.1 Å². The van der Waals surface area contributed by atoms with Gasteiger partial charge in [0.2, 0.25) is 0 Å².